The van der Waals surface area contributed by atoms with Crippen molar-refractivity contribution in [1.82, 2.24) is 9.36 Å². The number of benzene rings is 1. The molecule has 0 atom stereocenters. The van der Waals surface area contributed by atoms with Gasteiger partial charge in [-0.2, -0.15) is 4.37 Å². The smallest absolute Gasteiger partial charge is 0.179 e. The Labute approximate surface area is 95.3 Å². The molecule has 1 aromatic carbocycles. The summed E-state index contributed by atoms with van der Waals surface area (Å²) in [4.78, 5) is 4.31. The van der Waals surface area contributed by atoms with Crippen molar-refractivity contribution < 1.29 is 0 Å². The summed E-state index contributed by atoms with van der Waals surface area (Å²) in [5.74, 6) is 0.808. The van der Waals surface area contributed by atoms with Gasteiger partial charge in [0.15, 0.2) is 9.74 Å². The molecular weight excluding hydrogens is 260 g/mol. The van der Waals surface area contributed by atoms with Crippen LogP contribution >= 0.6 is 27.5 Å². The molecule has 0 aliphatic rings. The highest BCUT2D eigenvalue weighted by Gasteiger charge is 2.08. The molecule has 0 fully saturated rings. The summed E-state index contributed by atoms with van der Waals surface area (Å²) in [5.41, 5.74) is 3.64. The lowest BCUT2D eigenvalue weighted by atomic mass is 10.0. The lowest BCUT2D eigenvalue weighted by molar-refractivity contribution is 1.26. The Morgan fingerprint density at radius 3 is 2.71 bits per heavy atom. The summed E-state index contributed by atoms with van der Waals surface area (Å²) < 4.78 is 5.10. The molecule has 0 spiro atoms. The number of hydrogen-bond donors (Lipinski definition) is 0. The summed E-state index contributed by atoms with van der Waals surface area (Å²) >= 11 is 4.69. The predicted molar refractivity (Wildman–Crippen MR) is 62.5 cm³/mol. The fourth-order valence-corrected chi connectivity index (χ4v) is 2.12. The second-order valence-corrected chi connectivity index (χ2v) is 5.15. The first-order chi connectivity index (χ1) is 6.68. The highest BCUT2D eigenvalue weighted by molar-refractivity contribution is 9.11. The topological polar surface area (TPSA) is 25.8 Å². The Morgan fingerprint density at radius 2 is 2.07 bits per heavy atom. The molecule has 0 N–H and O–H groups in total. The van der Waals surface area contributed by atoms with E-state index in [4.69, 9.17) is 0 Å². The van der Waals surface area contributed by atoms with Gasteiger partial charge in [-0.3, -0.25) is 0 Å². The third-order valence-electron chi connectivity index (χ3n) is 2.25. The van der Waals surface area contributed by atoms with E-state index in [0.29, 0.717) is 0 Å². The van der Waals surface area contributed by atoms with E-state index in [-0.39, 0.29) is 0 Å². The average molecular weight is 269 g/mol. The van der Waals surface area contributed by atoms with Crippen molar-refractivity contribution in [3.63, 3.8) is 0 Å². The second-order valence-electron chi connectivity index (χ2n) is 3.12. The molecule has 1 heterocycles. The van der Waals surface area contributed by atoms with Crippen molar-refractivity contribution in [2.45, 2.75) is 13.8 Å². The van der Waals surface area contributed by atoms with Gasteiger partial charge in [0.2, 0.25) is 0 Å². The highest BCUT2D eigenvalue weighted by Crippen LogP contribution is 2.25. The Kier molecular flexibility index (Phi) is 2.65. The highest BCUT2D eigenvalue weighted by atomic mass is 79.9. The van der Waals surface area contributed by atoms with Crippen LogP contribution in [0.4, 0.5) is 0 Å². The number of aryl methyl sites for hydroxylation is 1. The van der Waals surface area contributed by atoms with Crippen molar-refractivity contribution >= 4 is 27.5 Å². The van der Waals surface area contributed by atoms with Gasteiger partial charge in [-0.25, -0.2) is 4.98 Å². The number of nitrogens with zero attached hydrogens (tertiary/aromatic N) is 2. The molecular formula is C10H9BrN2S. The van der Waals surface area contributed by atoms with Crippen LogP contribution in [0.25, 0.3) is 11.4 Å². The molecule has 14 heavy (non-hydrogen) atoms. The molecule has 0 saturated heterocycles. The lowest BCUT2D eigenvalue weighted by Gasteiger charge is -2.03. The Balaban J connectivity index is 2.57. The van der Waals surface area contributed by atoms with Crippen molar-refractivity contribution in [2.75, 3.05) is 0 Å². The van der Waals surface area contributed by atoms with E-state index >= 15 is 0 Å². The summed E-state index contributed by atoms with van der Waals surface area (Å²) in [6.07, 6.45) is 0. The van der Waals surface area contributed by atoms with E-state index in [9.17, 15) is 0 Å². The first-order valence-electron chi connectivity index (χ1n) is 4.24. The number of halogens is 1. The van der Waals surface area contributed by atoms with Crippen LogP contribution in [0.2, 0.25) is 0 Å². The number of aromatic nitrogens is 2. The molecule has 2 rings (SSSR count). The minimum absolute atomic E-state index is 0.808. The Bertz CT molecular complexity index is 465. The second kappa shape index (κ2) is 3.79. The largest absolute Gasteiger partial charge is 0.208 e. The Hall–Kier alpha value is -0.740. The van der Waals surface area contributed by atoms with E-state index in [1.165, 1.54) is 22.7 Å². The minimum atomic E-state index is 0.808. The zero-order valence-corrected chi connectivity index (χ0v) is 10.3. The van der Waals surface area contributed by atoms with E-state index in [1.807, 2.05) is 6.07 Å². The molecule has 0 aliphatic heterocycles. The van der Waals surface area contributed by atoms with Crippen LogP contribution in [-0.2, 0) is 0 Å². The van der Waals surface area contributed by atoms with E-state index in [2.05, 4.69) is 51.3 Å². The van der Waals surface area contributed by atoms with Gasteiger partial charge in [-0.15, -0.1) is 0 Å². The molecule has 2 nitrogen and oxygen atoms in total. The van der Waals surface area contributed by atoms with Gasteiger partial charge in [0.1, 0.15) is 0 Å². The molecule has 0 aliphatic carbocycles. The van der Waals surface area contributed by atoms with Crippen LogP contribution < -0.4 is 0 Å². The van der Waals surface area contributed by atoms with Gasteiger partial charge in [0, 0.05) is 5.56 Å². The zero-order chi connectivity index (χ0) is 10.1. The predicted octanol–water partition coefficient (Wildman–Crippen LogP) is 3.58. The average Bonchev–Trinajstić information content (AvgIpc) is 2.57. The van der Waals surface area contributed by atoms with E-state index in [0.717, 1.165) is 15.3 Å². The van der Waals surface area contributed by atoms with E-state index in [1.54, 1.807) is 0 Å². The van der Waals surface area contributed by atoms with Crippen molar-refractivity contribution in [1.29, 1.82) is 0 Å². The maximum Gasteiger partial charge on any atom is 0.179 e. The van der Waals surface area contributed by atoms with Gasteiger partial charge >= 0.3 is 0 Å². The first-order valence-corrected chi connectivity index (χ1v) is 5.81. The van der Waals surface area contributed by atoms with Crippen molar-refractivity contribution in [3.05, 3.63) is 33.2 Å². The van der Waals surface area contributed by atoms with Crippen LogP contribution in [0.5, 0.6) is 0 Å². The molecule has 0 amide bonds. The van der Waals surface area contributed by atoms with Gasteiger partial charge in [0.25, 0.3) is 0 Å². The summed E-state index contributed by atoms with van der Waals surface area (Å²) in [6.45, 7) is 4.19. The summed E-state index contributed by atoms with van der Waals surface area (Å²) in [5, 5.41) is 0. The normalized spacial score (nSPS) is 10.5. The van der Waals surface area contributed by atoms with Gasteiger partial charge in [-0.05, 0) is 52.4 Å². The maximum absolute atomic E-state index is 4.31. The van der Waals surface area contributed by atoms with Crippen LogP contribution in [0.1, 0.15) is 11.1 Å². The minimum Gasteiger partial charge on any atom is -0.208 e. The molecule has 0 saturated carbocycles. The quantitative estimate of drug-likeness (QED) is 0.790. The molecule has 4 heteroatoms. The van der Waals surface area contributed by atoms with Gasteiger partial charge in [-0.1, -0.05) is 18.2 Å². The SMILES string of the molecule is Cc1cccc(-c2nsc(Br)n2)c1C. The zero-order valence-electron chi connectivity index (χ0n) is 7.91. The fraction of sp³-hybridized carbons (Fsp3) is 0.200. The van der Waals surface area contributed by atoms with Crippen LogP contribution in [0.3, 0.4) is 0 Å². The summed E-state index contributed by atoms with van der Waals surface area (Å²) in [6, 6.07) is 6.18. The van der Waals surface area contributed by atoms with E-state index < -0.39 is 0 Å². The van der Waals surface area contributed by atoms with Crippen molar-refractivity contribution in [2.24, 2.45) is 0 Å². The molecule has 0 radical (unpaired) electrons. The monoisotopic (exact) mass is 268 g/mol. The standard InChI is InChI=1S/C10H9BrN2S/c1-6-4-3-5-8(7(6)2)9-12-10(11)14-13-9/h3-5H,1-2H3. The molecule has 0 unspecified atom stereocenters. The third-order valence-corrected chi connectivity index (χ3v) is 3.36. The lowest BCUT2D eigenvalue weighted by Crippen LogP contribution is -1.88. The first kappa shape index (κ1) is 9.80. The number of hydrogen-bond acceptors (Lipinski definition) is 3. The molecule has 1 aromatic heterocycles. The number of rotatable bonds is 1. The van der Waals surface area contributed by atoms with Crippen LogP contribution in [0.15, 0.2) is 22.1 Å². The molecule has 0 bridgehead atoms. The van der Waals surface area contributed by atoms with Crippen molar-refractivity contribution in [3.8, 4) is 11.4 Å². The third kappa shape index (κ3) is 1.72. The molecule has 72 valence electrons. The van der Waals surface area contributed by atoms with Gasteiger partial charge < -0.3 is 0 Å². The summed E-state index contributed by atoms with van der Waals surface area (Å²) in [7, 11) is 0. The molecule has 2 aromatic rings. The fourth-order valence-electron chi connectivity index (χ4n) is 1.31. The maximum atomic E-state index is 4.31. The Morgan fingerprint density at radius 1 is 1.29 bits per heavy atom. The van der Waals surface area contributed by atoms with Crippen LogP contribution in [0, 0.1) is 13.8 Å². The van der Waals surface area contributed by atoms with Gasteiger partial charge in [0.05, 0.1) is 0 Å². The van der Waals surface area contributed by atoms with Crippen LogP contribution in [-0.4, -0.2) is 9.36 Å².